The van der Waals surface area contributed by atoms with Gasteiger partial charge in [-0.25, -0.2) is 4.99 Å². The van der Waals surface area contributed by atoms with Crippen LogP contribution in [0.15, 0.2) is 75.2 Å². The monoisotopic (exact) mass is 474 g/mol. The summed E-state index contributed by atoms with van der Waals surface area (Å²) in [5.74, 6) is 1.02. The van der Waals surface area contributed by atoms with Crippen molar-refractivity contribution in [1.82, 2.24) is 4.57 Å². The first-order valence-corrected chi connectivity index (χ1v) is 11.6. The first-order chi connectivity index (χ1) is 16.3. The highest BCUT2D eigenvalue weighted by Crippen LogP contribution is 2.37. The number of rotatable bonds is 6. The molecule has 1 aliphatic rings. The number of hydrogen-bond acceptors (Lipinski definition) is 6. The van der Waals surface area contributed by atoms with Crippen molar-refractivity contribution in [3.63, 3.8) is 0 Å². The molecule has 0 saturated carbocycles. The van der Waals surface area contributed by atoms with Gasteiger partial charge in [0.05, 0.1) is 24.8 Å². The molecule has 1 aliphatic heterocycles. The molecule has 0 N–H and O–H groups in total. The number of ether oxygens (including phenoxy) is 2. The minimum absolute atomic E-state index is 0.140. The molecule has 6 nitrogen and oxygen atoms in total. The minimum Gasteiger partial charge on any atom is -0.497 e. The summed E-state index contributed by atoms with van der Waals surface area (Å²) in [6.45, 7) is 5.26. The predicted octanol–water partition coefficient (Wildman–Crippen LogP) is 3.90. The number of carbonyl (C=O) groups excluding carboxylic acids is 1. The second-order valence-electron chi connectivity index (χ2n) is 8.04. The van der Waals surface area contributed by atoms with Crippen LogP contribution in [-0.4, -0.2) is 24.6 Å². The summed E-state index contributed by atoms with van der Waals surface area (Å²) in [6, 6.07) is 14.7. The Bertz CT molecular complexity index is 1490. The number of thiazole rings is 1. The van der Waals surface area contributed by atoms with Crippen LogP contribution in [0.25, 0.3) is 12.2 Å². The smallest absolute Gasteiger partial charge is 0.271 e. The van der Waals surface area contributed by atoms with Crippen molar-refractivity contribution in [3.8, 4) is 11.5 Å². The van der Waals surface area contributed by atoms with Crippen LogP contribution >= 0.6 is 11.3 Å². The van der Waals surface area contributed by atoms with E-state index < -0.39 is 6.04 Å². The lowest BCUT2D eigenvalue weighted by Crippen LogP contribution is -2.39. The van der Waals surface area contributed by atoms with E-state index in [0.29, 0.717) is 37.7 Å². The number of methoxy groups -OCH3 is 2. The fraction of sp³-hybridized carbons (Fsp3) is 0.222. The molecule has 4 rings (SSSR count). The summed E-state index contributed by atoms with van der Waals surface area (Å²) >= 11 is 1.31. The van der Waals surface area contributed by atoms with Crippen molar-refractivity contribution in [2.45, 2.75) is 26.8 Å². The van der Waals surface area contributed by atoms with Gasteiger partial charge in [-0.3, -0.25) is 14.2 Å². The standard InChI is InChI=1S/C27H26N2O4S/c1-16(13-19-9-7-6-8-10-19)14-23-26(31)29-25(21-12-11-20(32-4)15-22(21)33-5)24(18(3)30)17(2)28-27(29)34-23/h6-15,25H,1-5H3/b16-13+,23-14-/t25-/m0/s1. The molecule has 1 aromatic heterocycles. The molecule has 7 heteroatoms. The highest BCUT2D eigenvalue weighted by Gasteiger charge is 2.32. The molecular weight excluding hydrogens is 448 g/mol. The number of allylic oxidation sites excluding steroid dienone is 3. The van der Waals surface area contributed by atoms with Gasteiger partial charge in [-0.1, -0.05) is 47.7 Å². The first-order valence-electron chi connectivity index (χ1n) is 10.8. The van der Waals surface area contributed by atoms with E-state index in [4.69, 9.17) is 9.47 Å². The number of nitrogens with zero attached hydrogens (tertiary/aromatic N) is 2. The molecule has 0 unspecified atom stereocenters. The molecule has 0 radical (unpaired) electrons. The number of aromatic nitrogens is 1. The molecule has 3 aromatic rings. The van der Waals surface area contributed by atoms with E-state index in [-0.39, 0.29) is 11.3 Å². The minimum atomic E-state index is -0.643. The Morgan fingerprint density at radius 3 is 2.47 bits per heavy atom. The number of Topliss-reactive ketones (excluding diaryl/α,β-unsaturated/α-hetero) is 1. The summed E-state index contributed by atoms with van der Waals surface area (Å²) in [5, 5.41) is 0. The van der Waals surface area contributed by atoms with Crippen LogP contribution in [-0.2, 0) is 4.79 Å². The fourth-order valence-corrected chi connectivity index (χ4v) is 5.27. The lowest BCUT2D eigenvalue weighted by atomic mass is 9.92. The summed E-state index contributed by atoms with van der Waals surface area (Å²) in [7, 11) is 3.14. The Balaban J connectivity index is 1.94. The molecule has 0 spiro atoms. The van der Waals surface area contributed by atoms with Crippen molar-refractivity contribution in [1.29, 1.82) is 0 Å². The van der Waals surface area contributed by atoms with E-state index in [9.17, 15) is 9.59 Å². The van der Waals surface area contributed by atoms with Gasteiger partial charge in [0.15, 0.2) is 10.6 Å². The van der Waals surface area contributed by atoms with Gasteiger partial charge in [0, 0.05) is 22.9 Å². The van der Waals surface area contributed by atoms with Crippen LogP contribution in [0.5, 0.6) is 11.5 Å². The molecule has 174 valence electrons. The highest BCUT2D eigenvalue weighted by atomic mass is 32.1. The maximum absolute atomic E-state index is 13.6. The Morgan fingerprint density at radius 1 is 1.09 bits per heavy atom. The van der Waals surface area contributed by atoms with E-state index in [1.165, 1.54) is 18.3 Å². The second-order valence-corrected chi connectivity index (χ2v) is 9.05. The molecule has 34 heavy (non-hydrogen) atoms. The molecular formula is C27H26N2O4S. The average Bonchev–Trinajstić information content (AvgIpc) is 3.12. The third-order valence-corrected chi connectivity index (χ3v) is 6.67. The highest BCUT2D eigenvalue weighted by molar-refractivity contribution is 7.07. The Kier molecular flexibility index (Phi) is 6.65. The maximum atomic E-state index is 13.6. The van der Waals surface area contributed by atoms with Crippen LogP contribution in [0.3, 0.4) is 0 Å². The van der Waals surface area contributed by atoms with Gasteiger partial charge in [0.2, 0.25) is 0 Å². The summed E-state index contributed by atoms with van der Waals surface area (Å²) in [4.78, 5) is 31.5. The summed E-state index contributed by atoms with van der Waals surface area (Å²) in [6.07, 6.45) is 3.89. The number of carbonyl (C=O) groups is 1. The lowest BCUT2D eigenvalue weighted by Gasteiger charge is -2.26. The van der Waals surface area contributed by atoms with Gasteiger partial charge in [-0.05, 0) is 50.1 Å². The second kappa shape index (κ2) is 9.65. The van der Waals surface area contributed by atoms with Gasteiger partial charge in [0.25, 0.3) is 5.56 Å². The van der Waals surface area contributed by atoms with Crippen LogP contribution in [0.1, 0.15) is 37.9 Å². The molecule has 0 bridgehead atoms. The van der Waals surface area contributed by atoms with E-state index in [0.717, 1.165) is 11.1 Å². The van der Waals surface area contributed by atoms with Crippen LogP contribution < -0.4 is 24.4 Å². The molecule has 0 aliphatic carbocycles. The molecule has 0 fully saturated rings. The number of fused-ring (bicyclic) bond motifs is 1. The zero-order valence-corrected chi connectivity index (χ0v) is 20.6. The first kappa shape index (κ1) is 23.4. The average molecular weight is 475 g/mol. The van der Waals surface area contributed by atoms with Crippen LogP contribution in [0.2, 0.25) is 0 Å². The van der Waals surface area contributed by atoms with Crippen LogP contribution in [0, 0.1) is 0 Å². The van der Waals surface area contributed by atoms with Crippen molar-refractivity contribution in [3.05, 3.63) is 96.2 Å². The van der Waals surface area contributed by atoms with Crippen molar-refractivity contribution < 1.29 is 14.3 Å². The topological polar surface area (TPSA) is 69.9 Å². The number of benzene rings is 2. The van der Waals surface area contributed by atoms with Gasteiger partial charge in [0.1, 0.15) is 11.5 Å². The molecule has 2 aromatic carbocycles. The molecule has 0 amide bonds. The Hall–Kier alpha value is -3.71. The normalized spacial score (nSPS) is 16.2. The van der Waals surface area contributed by atoms with Gasteiger partial charge < -0.3 is 9.47 Å². The number of hydrogen-bond donors (Lipinski definition) is 0. The van der Waals surface area contributed by atoms with Crippen molar-refractivity contribution in [2.24, 2.45) is 4.99 Å². The molecule has 0 saturated heterocycles. The fourth-order valence-electron chi connectivity index (χ4n) is 4.17. The van der Waals surface area contributed by atoms with E-state index in [1.54, 1.807) is 37.8 Å². The van der Waals surface area contributed by atoms with Gasteiger partial charge >= 0.3 is 0 Å². The SMILES string of the molecule is COc1ccc([C@H]2C(C(C)=O)=C(C)N=c3s/c(=C\C(C)=C\c4ccccc4)c(=O)n32)c(OC)c1. The van der Waals surface area contributed by atoms with E-state index >= 15 is 0 Å². The van der Waals surface area contributed by atoms with Crippen molar-refractivity contribution >= 4 is 29.3 Å². The third kappa shape index (κ3) is 4.39. The molecule has 1 atom stereocenters. The third-order valence-electron chi connectivity index (χ3n) is 5.69. The largest absolute Gasteiger partial charge is 0.497 e. The quantitative estimate of drug-likeness (QED) is 0.543. The van der Waals surface area contributed by atoms with E-state index in [1.807, 2.05) is 55.5 Å². The lowest BCUT2D eigenvalue weighted by molar-refractivity contribution is -0.114. The predicted molar refractivity (Wildman–Crippen MR) is 135 cm³/mol. The van der Waals surface area contributed by atoms with E-state index in [2.05, 4.69) is 4.99 Å². The Morgan fingerprint density at radius 2 is 1.82 bits per heavy atom. The van der Waals surface area contributed by atoms with Crippen molar-refractivity contribution in [2.75, 3.05) is 14.2 Å². The summed E-state index contributed by atoms with van der Waals surface area (Å²) < 4.78 is 13.1. The zero-order valence-electron chi connectivity index (χ0n) is 19.8. The zero-order chi connectivity index (χ0) is 24.4. The Labute approximate surface area is 201 Å². The summed E-state index contributed by atoms with van der Waals surface area (Å²) in [5.41, 5.74) is 3.57. The van der Waals surface area contributed by atoms with Crippen LogP contribution in [0.4, 0.5) is 0 Å². The maximum Gasteiger partial charge on any atom is 0.271 e. The number of ketones is 1. The van der Waals surface area contributed by atoms with Gasteiger partial charge in [-0.2, -0.15) is 0 Å². The van der Waals surface area contributed by atoms with Gasteiger partial charge in [-0.15, -0.1) is 0 Å². The molecule has 2 heterocycles.